The maximum Gasteiger partial charge on any atom is 0.222 e. The zero-order chi connectivity index (χ0) is 10.5. The van der Waals surface area contributed by atoms with Gasteiger partial charge >= 0.3 is 0 Å². The maximum atomic E-state index is 5.70. The standard InChI is InChI=1S/C10H15ClN4/c11-9-6-14-10(15-7-9)13-5-8-1-3-12-4-2-8/h6-8,12H,1-5H2,(H,13,14,15). The number of rotatable bonds is 3. The summed E-state index contributed by atoms with van der Waals surface area (Å²) >= 11 is 5.70. The van der Waals surface area contributed by atoms with Crippen molar-refractivity contribution >= 4 is 17.5 Å². The van der Waals surface area contributed by atoms with Crippen molar-refractivity contribution in [3.63, 3.8) is 0 Å². The predicted molar refractivity (Wildman–Crippen MR) is 61.1 cm³/mol. The maximum absolute atomic E-state index is 5.70. The van der Waals surface area contributed by atoms with Crippen molar-refractivity contribution in [2.75, 3.05) is 25.0 Å². The minimum absolute atomic E-state index is 0.572. The van der Waals surface area contributed by atoms with Gasteiger partial charge in [-0.25, -0.2) is 9.97 Å². The van der Waals surface area contributed by atoms with Gasteiger partial charge in [-0.3, -0.25) is 0 Å². The highest BCUT2D eigenvalue weighted by Gasteiger charge is 2.12. The molecule has 1 fully saturated rings. The van der Waals surface area contributed by atoms with Gasteiger partial charge in [0.25, 0.3) is 0 Å². The second kappa shape index (κ2) is 5.28. The smallest absolute Gasteiger partial charge is 0.222 e. The Bertz CT molecular complexity index is 295. The number of anilines is 1. The fraction of sp³-hybridized carbons (Fsp3) is 0.600. The number of piperidine rings is 1. The van der Waals surface area contributed by atoms with E-state index in [0.717, 1.165) is 25.6 Å². The third-order valence-electron chi connectivity index (χ3n) is 2.63. The average Bonchev–Trinajstić information content (AvgIpc) is 2.30. The molecule has 2 rings (SSSR count). The van der Waals surface area contributed by atoms with Gasteiger partial charge in [0.1, 0.15) is 0 Å². The monoisotopic (exact) mass is 226 g/mol. The van der Waals surface area contributed by atoms with Crippen molar-refractivity contribution in [1.82, 2.24) is 15.3 Å². The Morgan fingerprint density at radius 3 is 2.67 bits per heavy atom. The van der Waals surface area contributed by atoms with Crippen molar-refractivity contribution < 1.29 is 0 Å². The Hall–Kier alpha value is -0.870. The molecule has 0 unspecified atom stereocenters. The van der Waals surface area contributed by atoms with Crippen LogP contribution in [0.2, 0.25) is 5.02 Å². The van der Waals surface area contributed by atoms with Crippen LogP contribution in [-0.4, -0.2) is 29.6 Å². The first-order valence-corrected chi connectivity index (χ1v) is 5.64. The van der Waals surface area contributed by atoms with Crippen LogP contribution in [0, 0.1) is 5.92 Å². The molecule has 0 amide bonds. The van der Waals surface area contributed by atoms with E-state index in [0.29, 0.717) is 11.0 Å². The number of halogens is 1. The number of hydrogen-bond acceptors (Lipinski definition) is 4. The lowest BCUT2D eigenvalue weighted by Gasteiger charge is -2.22. The van der Waals surface area contributed by atoms with Crippen LogP contribution in [0.4, 0.5) is 5.95 Å². The van der Waals surface area contributed by atoms with Gasteiger partial charge in [-0.1, -0.05) is 11.6 Å². The van der Waals surface area contributed by atoms with Crippen LogP contribution in [0.15, 0.2) is 12.4 Å². The van der Waals surface area contributed by atoms with Crippen molar-refractivity contribution in [2.24, 2.45) is 5.92 Å². The topological polar surface area (TPSA) is 49.8 Å². The van der Waals surface area contributed by atoms with Gasteiger partial charge in [-0.15, -0.1) is 0 Å². The van der Waals surface area contributed by atoms with Gasteiger partial charge in [0.2, 0.25) is 5.95 Å². The van der Waals surface area contributed by atoms with Gasteiger partial charge in [0, 0.05) is 6.54 Å². The summed E-state index contributed by atoms with van der Waals surface area (Å²) in [6, 6.07) is 0. The van der Waals surface area contributed by atoms with Gasteiger partial charge in [0.15, 0.2) is 0 Å². The first-order chi connectivity index (χ1) is 7.34. The fourth-order valence-electron chi connectivity index (χ4n) is 1.73. The van der Waals surface area contributed by atoms with Crippen molar-refractivity contribution in [2.45, 2.75) is 12.8 Å². The van der Waals surface area contributed by atoms with Gasteiger partial charge in [-0.2, -0.15) is 0 Å². The highest BCUT2D eigenvalue weighted by Crippen LogP contribution is 2.12. The Kier molecular flexibility index (Phi) is 3.75. The van der Waals surface area contributed by atoms with E-state index in [1.807, 2.05) is 0 Å². The van der Waals surface area contributed by atoms with Crippen LogP contribution in [-0.2, 0) is 0 Å². The molecule has 5 heteroatoms. The number of aromatic nitrogens is 2. The first-order valence-electron chi connectivity index (χ1n) is 5.27. The summed E-state index contributed by atoms with van der Waals surface area (Å²) < 4.78 is 0. The minimum Gasteiger partial charge on any atom is -0.354 e. The molecular formula is C10H15ClN4. The fourth-order valence-corrected chi connectivity index (χ4v) is 1.82. The van der Waals surface area contributed by atoms with Crippen molar-refractivity contribution in [3.05, 3.63) is 17.4 Å². The van der Waals surface area contributed by atoms with E-state index in [1.165, 1.54) is 12.8 Å². The van der Waals surface area contributed by atoms with Crippen LogP contribution < -0.4 is 10.6 Å². The SMILES string of the molecule is Clc1cnc(NCC2CCNCC2)nc1. The Labute approximate surface area is 94.5 Å². The minimum atomic E-state index is 0.572. The second-order valence-electron chi connectivity index (χ2n) is 3.80. The summed E-state index contributed by atoms with van der Waals surface area (Å²) in [5.74, 6) is 1.39. The molecular weight excluding hydrogens is 212 g/mol. The lowest BCUT2D eigenvalue weighted by Crippen LogP contribution is -2.31. The molecule has 1 aliphatic rings. The summed E-state index contributed by atoms with van der Waals surface area (Å²) in [7, 11) is 0. The molecule has 82 valence electrons. The van der Waals surface area contributed by atoms with E-state index in [1.54, 1.807) is 12.4 Å². The average molecular weight is 227 g/mol. The molecule has 2 heterocycles. The normalized spacial score (nSPS) is 17.7. The number of nitrogens with zero attached hydrogens (tertiary/aromatic N) is 2. The number of nitrogens with one attached hydrogen (secondary N) is 2. The predicted octanol–water partition coefficient (Wildman–Crippen LogP) is 1.54. The highest BCUT2D eigenvalue weighted by atomic mass is 35.5. The van der Waals surface area contributed by atoms with E-state index in [-0.39, 0.29) is 0 Å². The lowest BCUT2D eigenvalue weighted by atomic mass is 9.98. The van der Waals surface area contributed by atoms with Crippen LogP contribution >= 0.6 is 11.6 Å². The largest absolute Gasteiger partial charge is 0.354 e. The molecule has 0 atom stereocenters. The van der Waals surface area contributed by atoms with Crippen LogP contribution in [0.1, 0.15) is 12.8 Å². The van der Waals surface area contributed by atoms with E-state index < -0.39 is 0 Å². The summed E-state index contributed by atoms with van der Waals surface area (Å²) in [6.45, 7) is 3.19. The summed E-state index contributed by atoms with van der Waals surface area (Å²) in [6.07, 6.45) is 5.67. The molecule has 1 aromatic rings. The molecule has 0 saturated carbocycles. The van der Waals surface area contributed by atoms with E-state index in [4.69, 9.17) is 11.6 Å². The quantitative estimate of drug-likeness (QED) is 0.821. The Balaban J connectivity index is 1.79. The van der Waals surface area contributed by atoms with E-state index in [2.05, 4.69) is 20.6 Å². The first kappa shape index (κ1) is 10.6. The molecule has 1 saturated heterocycles. The van der Waals surface area contributed by atoms with Gasteiger partial charge in [-0.05, 0) is 31.8 Å². The van der Waals surface area contributed by atoms with Crippen molar-refractivity contribution in [1.29, 1.82) is 0 Å². The third-order valence-corrected chi connectivity index (χ3v) is 2.82. The molecule has 0 aromatic carbocycles. The third kappa shape index (κ3) is 3.32. The van der Waals surface area contributed by atoms with Crippen LogP contribution in [0.3, 0.4) is 0 Å². The van der Waals surface area contributed by atoms with E-state index >= 15 is 0 Å². The second-order valence-corrected chi connectivity index (χ2v) is 4.24. The Morgan fingerprint density at radius 1 is 1.33 bits per heavy atom. The zero-order valence-corrected chi connectivity index (χ0v) is 9.30. The number of hydrogen-bond donors (Lipinski definition) is 2. The van der Waals surface area contributed by atoms with Gasteiger partial charge in [0.05, 0.1) is 17.4 Å². The molecule has 0 bridgehead atoms. The molecule has 0 aliphatic carbocycles. The van der Waals surface area contributed by atoms with Crippen LogP contribution in [0.5, 0.6) is 0 Å². The van der Waals surface area contributed by atoms with Crippen LogP contribution in [0.25, 0.3) is 0 Å². The molecule has 2 N–H and O–H groups in total. The molecule has 0 spiro atoms. The summed E-state index contributed by atoms with van der Waals surface area (Å²) in [5, 5.41) is 7.15. The molecule has 0 radical (unpaired) electrons. The summed E-state index contributed by atoms with van der Waals surface area (Å²) in [5.41, 5.74) is 0. The Morgan fingerprint density at radius 2 is 2.00 bits per heavy atom. The van der Waals surface area contributed by atoms with E-state index in [9.17, 15) is 0 Å². The zero-order valence-electron chi connectivity index (χ0n) is 8.54. The molecule has 1 aromatic heterocycles. The lowest BCUT2D eigenvalue weighted by molar-refractivity contribution is 0.389. The molecule has 4 nitrogen and oxygen atoms in total. The van der Waals surface area contributed by atoms with Gasteiger partial charge < -0.3 is 10.6 Å². The molecule has 1 aliphatic heterocycles. The highest BCUT2D eigenvalue weighted by molar-refractivity contribution is 6.30. The molecule has 15 heavy (non-hydrogen) atoms. The van der Waals surface area contributed by atoms with Crippen molar-refractivity contribution in [3.8, 4) is 0 Å². The summed E-state index contributed by atoms with van der Waals surface area (Å²) in [4.78, 5) is 8.19.